The van der Waals surface area contributed by atoms with Gasteiger partial charge in [-0.1, -0.05) is 63.6 Å². The number of allylic oxidation sites excluding steroid dienone is 2. The van der Waals surface area contributed by atoms with Crippen LogP contribution in [-0.4, -0.2) is 29.3 Å². The first kappa shape index (κ1) is 26.7. The van der Waals surface area contributed by atoms with Crippen molar-refractivity contribution in [1.82, 2.24) is 14.9 Å². The summed E-state index contributed by atoms with van der Waals surface area (Å²) in [4.78, 5) is 18.4. The van der Waals surface area contributed by atoms with Crippen molar-refractivity contribution in [3.05, 3.63) is 77.5 Å². The Hall–Kier alpha value is -2.92. The van der Waals surface area contributed by atoms with Gasteiger partial charge < -0.3 is 10.1 Å². The predicted octanol–water partition coefficient (Wildman–Crippen LogP) is 6.42. The van der Waals surface area contributed by atoms with E-state index in [-0.39, 0.29) is 17.5 Å². The second-order valence-corrected chi connectivity index (χ2v) is 9.46. The summed E-state index contributed by atoms with van der Waals surface area (Å²) in [5.74, 6) is 0.593. The van der Waals surface area contributed by atoms with E-state index in [1.807, 2.05) is 22.9 Å². The monoisotopic (exact) mass is 475 g/mol. The van der Waals surface area contributed by atoms with Gasteiger partial charge in [-0.2, -0.15) is 0 Å². The van der Waals surface area contributed by atoms with Crippen molar-refractivity contribution in [2.75, 3.05) is 19.8 Å². The number of hydrogen-bond donors (Lipinski definition) is 1. The standard InChI is InChI=1S/C27H33N3O2.C3H8/c1-4-8-20(11-13-28-5-2)15-21-16-24-26(23-10-7-6-9-22(21)23)29-18-30(27(24)31)25-12-14-32-17-19(25)3;1-3-2/h4,6-7,9-11,13,16,18-20,25,28H,1,5,8,12,14-15,17H2,2-3H3;3H2,1-2H3/b13-11+;. The smallest absolute Gasteiger partial charge is 0.261 e. The first-order valence-electron chi connectivity index (χ1n) is 13.1. The fraction of sp³-hybridized carbons (Fsp3) is 0.467. The zero-order valence-electron chi connectivity index (χ0n) is 21.8. The van der Waals surface area contributed by atoms with Gasteiger partial charge in [0.05, 0.1) is 23.8 Å². The summed E-state index contributed by atoms with van der Waals surface area (Å²) in [7, 11) is 0. The number of fused-ring (bicyclic) bond motifs is 3. The minimum atomic E-state index is 0.0456. The van der Waals surface area contributed by atoms with E-state index in [9.17, 15) is 4.79 Å². The summed E-state index contributed by atoms with van der Waals surface area (Å²) < 4.78 is 7.42. The second-order valence-electron chi connectivity index (χ2n) is 9.46. The zero-order valence-corrected chi connectivity index (χ0v) is 21.8. The maximum atomic E-state index is 13.6. The van der Waals surface area contributed by atoms with Crippen molar-refractivity contribution in [1.29, 1.82) is 0 Å². The van der Waals surface area contributed by atoms with Gasteiger partial charge in [0, 0.05) is 30.5 Å². The molecule has 1 aliphatic rings. The van der Waals surface area contributed by atoms with Crippen LogP contribution in [0.1, 0.15) is 58.6 Å². The Labute approximate surface area is 209 Å². The molecule has 0 radical (unpaired) electrons. The highest BCUT2D eigenvalue weighted by molar-refractivity contribution is 6.06. The molecule has 1 saturated heterocycles. The van der Waals surface area contributed by atoms with Crippen LogP contribution in [0.25, 0.3) is 21.7 Å². The molecule has 1 N–H and O–H groups in total. The van der Waals surface area contributed by atoms with Gasteiger partial charge >= 0.3 is 0 Å². The van der Waals surface area contributed by atoms with Gasteiger partial charge in [-0.05, 0) is 55.3 Å². The van der Waals surface area contributed by atoms with E-state index in [1.165, 1.54) is 12.0 Å². The average molecular weight is 476 g/mol. The molecule has 1 aliphatic heterocycles. The van der Waals surface area contributed by atoms with Crippen LogP contribution in [0.2, 0.25) is 0 Å². The molecule has 3 atom stereocenters. The lowest BCUT2D eigenvalue weighted by atomic mass is 9.91. The summed E-state index contributed by atoms with van der Waals surface area (Å²) >= 11 is 0. The van der Waals surface area contributed by atoms with Crippen LogP contribution < -0.4 is 10.9 Å². The number of ether oxygens (including phenoxy) is 1. The maximum Gasteiger partial charge on any atom is 0.261 e. The fourth-order valence-electron chi connectivity index (χ4n) is 4.78. The largest absolute Gasteiger partial charge is 0.391 e. The number of hydrogen-bond acceptors (Lipinski definition) is 4. The third-order valence-corrected chi connectivity index (χ3v) is 6.47. The third-order valence-electron chi connectivity index (χ3n) is 6.47. The van der Waals surface area contributed by atoms with Gasteiger partial charge in [-0.25, -0.2) is 4.98 Å². The molecule has 2 aromatic carbocycles. The predicted molar refractivity (Wildman–Crippen MR) is 148 cm³/mol. The van der Waals surface area contributed by atoms with Crippen molar-refractivity contribution >= 4 is 21.7 Å². The first-order chi connectivity index (χ1) is 17.0. The zero-order chi connectivity index (χ0) is 25.2. The normalized spacial score (nSPS) is 18.9. The molecule has 2 heterocycles. The highest BCUT2D eigenvalue weighted by Gasteiger charge is 2.25. The van der Waals surface area contributed by atoms with Crippen molar-refractivity contribution < 1.29 is 4.74 Å². The fourth-order valence-corrected chi connectivity index (χ4v) is 4.78. The molecule has 5 heteroatoms. The Kier molecular flexibility index (Phi) is 10.1. The Morgan fingerprint density at radius 2 is 1.97 bits per heavy atom. The van der Waals surface area contributed by atoms with Crippen LogP contribution >= 0.6 is 0 Å². The van der Waals surface area contributed by atoms with Gasteiger partial charge in [0.1, 0.15) is 0 Å². The van der Waals surface area contributed by atoms with Gasteiger partial charge in [0.2, 0.25) is 0 Å². The topological polar surface area (TPSA) is 56.2 Å². The molecular formula is C30H41N3O2. The maximum absolute atomic E-state index is 13.6. The van der Waals surface area contributed by atoms with E-state index in [0.717, 1.165) is 42.1 Å². The van der Waals surface area contributed by atoms with E-state index >= 15 is 0 Å². The van der Waals surface area contributed by atoms with Crippen LogP contribution in [0.15, 0.2) is 66.4 Å². The molecular weight excluding hydrogens is 434 g/mol. The van der Waals surface area contributed by atoms with Gasteiger partial charge in [0.25, 0.3) is 5.56 Å². The van der Waals surface area contributed by atoms with Gasteiger partial charge in [0.15, 0.2) is 0 Å². The molecule has 0 spiro atoms. The van der Waals surface area contributed by atoms with Crippen LogP contribution in [0.5, 0.6) is 0 Å². The number of benzene rings is 2. The molecule has 0 saturated carbocycles. The van der Waals surface area contributed by atoms with Crippen LogP contribution in [0, 0.1) is 11.8 Å². The molecule has 5 nitrogen and oxygen atoms in total. The number of nitrogens with one attached hydrogen (secondary N) is 1. The third kappa shape index (κ3) is 6.40. The summed E-state index contributed by atoms with van der Waals surface area (Å²) in [6, 6.07) is 10.5. The minimum Gasteiger partial charge on any atom is -0.391 e. The number of aromatic nitrogens is 2. The van der Waals surface area contributed by atoms with Crippen LogP contribution in [0.3, 0.4) is 0 Å². The molecule has 0 aliphatic carbocycles. The van der Waals surface area contributed by atoms with Crippen molar-refractivity contribution in [3.63, 3.8) is 0 Å². The highest BCUT2D eigenvalue weighted by atomic mass is 16.5. The molecule has 0 bridgehead atoms. The summed E-state index contributed by atoms with van der Waals surface area (Å²) in [5, 5.41) is 6.16. The Morgan fingerprint density at radius 1 is 1.23 bits per heavy atom. The summed E-state index contributed by atoms with van der Waals surface area (Å²) in [6.45, 7) is 14.7. The molecule has 3 unspecified atom stereocenters. The lowest BCUT2D eigenvalue weighted by Gasteiger charge is -2.30. The lowest BCUT2D eigenvalue weighted by molar-refractivity contribution is 0.0275. The lowest BCUT2D eigenvalue weighted by Crippen LogP contribution is -2.34. The summed E-state index contributed by atoms with van der Waals surface area (Å²) in [6.07, 6.45) is 11.7. The molecule has 1 aromatic heterocycles. The van der Waals surface area contributed by atoms with E-state index in [0.29, 0.717) is 24.5 Å². The van der Waals surface area contributed by atoms with E-state index in [4.69, 9.17) is 9.72 Å². The number of nitrogens with zero attached hydrogens (tertiary/aromatic N) is 2. The Balaban J connectivity index is 0.00000108. The average Bonchev–Trinajstić information content (AvgIpc) is 2.86. The highest BCUT2D eigenvalue weighted by Crippen LogP contribution is 2.30. The van der Waals surface area contributed by atoms with E-state index in [2.05, 4.69) is 69.9 Å². The summed E-state index contributed by atoms with van der Waals surface area (Å²) in [5.41, 5.74) is 2.01. The molecule has 35 heavy (non-hydrogen) atoms. The quantitative estimate of drug-likeness (QED) is 0.302. The van der Waals surface area contributed by atoms with Crippen molar-refractivity contribution in [2.45, 2.75) is 59.4 Å². The van der Waals surface area contributed by atoms with Crippen molar-refractivity contribution in [3.8, 4) is 0 Å². The molecule has 3 aromatic rings. The van der Waals surface area contributed by atoms with Crippen LogP contribution in [-0.2, 0) is 11.2 Å². The number of rotatable bonds is 8. The Morgan fingerprint density at radius 3 is 2.66 bits per heavy atom. The molecule has 188 valence electrons. The second kappa shape index (κ2) is 13.2. The molecule has 0 amide bonds. The molecule has 1 fully saturated rings. The minimum absolute atomic E-state index is 0.0456. The Bertz CT molecular complexity index is 1200. The van der Waals surface area contributed by atoms with Crippen LogP contribution in [0.4, 0.5) is 0 Å². The van der Waals surface area contributed by atoms with E-state index < -0.39 is 0 Å². The first-order valence-corrected chi connectivity index (χ1v) is 13.1. The molecule has 4 rings (SSSR count). The van der Waals surface area contributed by atoms with Crippen molar-refractivity contribution in [2.24, 2.45) is 11.8 Å². The SMILES string of the molecule is C=CCC(/C=C/NCC)Cc1cc2c(=O)n(C3CCOCC3C)cnc2c2ccccc12.CCC. The van der Waals surface area contributed by atoms with E-state index in [1.54, 1.807) is 6.33 Å². The van der Waals surface area contributed by atoms with Gasteiger partial charge in [-0.3, -0.25) is 9.36 Å². The van der Waals surface area contributed by atoms with Gasteiger partial charge in [-0.15, -0.1) is 6.58 Å².